The zero-order valence-corrected chi connectivity index (χ0v) is 8.92. The fourth-order valence-corrected chi connectivity index (χ4v) is 2.01. The summed E-state index contributed by atoms with van der Waals surface area (Å²) in [7, 11) is 0. The van der Waals surface area contributed by atoms with E-state index < -0.39 is 5.82 Å². The maximum Gasteiger partial charge on any atom is 0.251 e. The summed E-state index contributed by atoms with van der Waals surface area (Å²) in [5, 5.41) is 0.400. The molecule has 3 N–H and O–H groups in total. The zero-order valence-electron chi connectivity index (χ0n) is 8.11. The number of halogens is 1. The third-order valence-corrected chi connectivity index (χ3v) is 2.63. The summed E-state index contributed by atoms with van der Waals surface area (Å²) in [6, 6.07) is 5.48. The summed E-state index contributed by atoms with van der Waals surface area (Å²) in [6.45, 7) is 0. The Labute approximate surface area is 94.7 Å². The van der Waals surface area contributed by atoms with Crippen LogP contribution in [0.25, 0.3) is 0 Å². The molecule has 2 aromatic rings. The molecule has 6 heteroatoms. The molecule has 16 heavy (non-hydrogen) atoms. The maximum atomic E-state index is 13.0. The zero-order chi connectivity index (χ0) is 11.5. The number of nitrogens with zero attached hydrogens (tertiary/aromatic N) is 1. The molecular formula is C10H8FN3OS. The van der Waals surface area contributed by atoms with Gasteiger partial charge in [0, 0.05) is 22.8 Å². The quantitative estimate of drug-likeness (QED) is 0.615. The van der Waals surface area contributed by atoms with E-state index in [0.717, 1.165) is 11.8 Å². The number of benzene rings is 1. The molecule has 0 radical (unpaired) electrons. The number of nitrogen functional groups attached to an aromatic ring is 1. The number of anilines is 1. The predicted molar refractivity (Wildman–Crippen MR) is 59.8 cm³/mol. The Balaban J connectivity index is 2.30. The molecule has 82 valence electrons. The lowest BCUT2D eigenvalue weighted by atomic mass is 10.3. The van der Waals surface area contributed by atoms with Crippen molar-refractivity contribution in [1.82, 2.24) is 9.97 Å². The normalized spacial score (nSPS) is 10.3. The van der Waals surface area contributed by atoms with Gasteiger partial charge in [-0.2, -0.15) is 0 Å². The summed E-state index contributed by atoms with van der Waals surface area (Å²) in [5.74, 6) is -0.416. The molecule has 0 aliphatic rings. The topological polar surface area (TPSA) is 71.8 Å². The van der Waals surface area contributed by atoms with Gasteiger partial charge >= 0.3 is 0 Å². The molecule has 0 saturated carbocycles. The Morgan fingerprint density at radius 1 is 1.38 bits per heavy atom. The number of hydrogen-bond acceptors (Lipinski definition) is 4. The van der Waals surface area contributed by atoms with E-state index >= 15 is 0 Å². The van der Waals surface area contributed by atoms with Crippen LogP contribution in [0.5, 0.6) is 0 Å². The molecule has 4 nitrogen and oxygen atoms in total. The van der Waals surface area contributed by atoms with Crippen LogP contribution >= 0.6 is 11.8 Å². The van der Waals surface area contributed by atoms with Gasteiger partial charge in [-0.15, -0.1) is 0 Å². The molecule has 1 aromatic carbocycles. The van der Waals surface area contributed by atoms with Crippen LogP contribution in [0.1, 0.15) is 0 Å². The van der Waals surface area contributed by atoms with Gasteiger partial charge in [-0.25, -0.2) is 9.37 Å². The van der Waals surface area contributed by atoms with E-state index in [1.807, 2.05) is 0 Å². The monoisotopic (exact) mass is 237 g/mol. The van der Waals surface area contributed by atoms with Crippen LogP contribution in [0.2, 0.25) is 0 Å². The fraction of sp³-hybridized carbons (Fsp3) is 0. The summed E-state index contributed by atoms with van der Waals surface area (Å²) >= 11 is 1.14. The summed E-state index contributed by atoms with van der Waals surface area (Å²) in [4.78, 5) is 18.1. The Morgan fingerprint density at radius 3 is 2.88 bits per heavy atom. The van der Waals surface area contributed by atoms with E-state index in [-0.39, 0.29) is 5.56 Å². The number of hydrogen-bond donors (Lipinski definition) is 2. The lowest BCUT2D eigenvalue weighted by molar-refractivity contribution is 0.625. The highest BCUT2D eigenvalue weighted by Gasteiger charge is 2.02. The summed E-state index contributed by atoms with van der Waals surface area (Å²) < 4.78 is 13.0. The minimum Gasteiger partial charge on any atom is -0.399 e. The lowest BCUT2D eigenvalue weighted by Gasteiger charge is -2.01. The van der Waals surface area contributed by atoms with Crippen molar-refractivity contribution in [3.05, 3.63) is 46.6 Å². The minimum absolute atomic E-state index is 0.248. The molecule has 2 rings (SSSR count). The highest BCUT2D eigenvalue weighted by atomic mass is 32.2. The molecule has 1 heterocycles. The van der Waals surface area contributed by atoms with E-state index in [9.17, 15) is 9.18 Å². The third-order valence-electron chi connectivity index (χ3n) is 1.76. The molecule has 0 amide bonds. The van der Waals surface area contributed by atoms with E-state index in [2.05, 4.69) is 9.97 Å². The van der Waals surface area contributed by atoms with Gasteiger partial charge in [0.1, 0.15) is 5.82 Å². The number of nitrogens with two attached hydrogens (primary N) is 1. The molecule has 0 spiro atoms. The molecule has 1 aromatic heterocycles. The second-order valence-electron chi connectivity index (χ2n) is 3.06. The first-order valence-electron chi connectivity index (χ1n) is 4.43. The number of nitrogens with one attached hydrogen (secondary N) is 1. The van der Waals surface area contributed by atoms with Crippen LogP contribution in [0.4, 0.5) is 10.1 Å². The smallest absolute Gasteiger partial charge is 0.251 e. The number of rotatable bonds is 2. The van der Waals surface area contributed by atoms with Gasteiger partial charge in [-0.3, -0.25) is 4.79 Å². The standard InChI is InChI=1S/C10H8FN3OS/c11-6-3-7(12)5-8(4-6)16-10-13-2-1-9(15)14-10/h1-5H,12H2,(H,13,14,15). The van der Waals surface area contributed by atoms with Crippen molar-refractivity contribution < 1.29 is 4.39 Å². The van der Waals surface area contributed by atoms with E-state index in [4.69, 9.17) is 5.73 Å². The van der Waals surface area contributed by atoms with Crippen molar-refractivity contribution in [2.75, 3.05) is 5.73 Å². The van der Waals surface area contributed by atoms with Crippen molar-refractivity contribution in [3.8, 4) is 0 Å². The Kier molecular flexibility index (Phi) is 2.91. The third kappa shape index (κ3) is 2.60. The molecule has 0 aliphatic heterocycles. The van der Waals surface area contributed by atoms with Gasteiger partial charge < -0.3 is 10.7 Å². The first-order valence-corrected chi connectivity index (χ1v) is 5.24. The average Bonchev–Trinajstić information content (AvgIpc) is 2.15. The van der Waals surface area contributed by atoms with Crippen molar-refractivity contribution in [2.45, 2.75) is 10.1 Å². The predicted octanol–water partition coefficient (Wildman–Crippen LogP) is 1.64. The lowest BCUT2D eigenvalue weighted by Crippen LogP contribution is -2.05. The number of H-pyrrole nitrogens is 1. The molecule has 0 aliphatic carbocycles. The molecule has 0 atom stereocenters. The fourth-order valence-electron chi connectivity index (χ4n) is 1.16. The Morgan fingerprint density at radius 2 is 2.19 bits per heavy atom. The van der Waals surface area contributed by atoms with Crippen LogP contribution in [-0.4, -0.2) is 9.97 Å². The van der Waals surface area contributed by atoms with Crippen molar-refractivity contribution >= 4 is 17.4 Å². The van der Waals surface area contributed by atoms with Gasteiger partial charge in [-0.05, 0) is 18.2 Å². The maximum absolute atomic E-state index is 13.0. The van der Waals surface area contributed by atoms with Crippen LogP contribution in [0, 0.1) is 5.82 Å². The molecule has 0 unspecified atom stereocenters. The Hall–Kier alpha value is -1.82. The first-order chi connectivity index (χ1) is 7.63. The van der Waals surface area contributed by atoms with Gasteiger partial charge in [0.05, 0.1) is 0 Å². The summed E-state index contributed by atoms with van der Waals surface area (Å²) in [6.07, 6.45) is 1.39. The van der Waals surface area contributed by atoms with Crippen molar-refractivity contribution in [1.29, 1.82) is 0 Å². The Bertz CT molecular complexity index is 550. The molecule has 0 bridgehead atoms. The molecule has 0 saturated heterocycles. The van der Waals surface area contributed by atoms with Crippen LogP contribution in [0.3, 0.4) is 0 Å². The second kappa shape index (κ2) is 4.36. The van der Waals surface area contributed by atoms with Crippen molar-refractivity contribution in [3.63, 3.8) is 0 Å². The van der Waals surface area contributed by atoms with Gasteiger partial charge in [0.15, 0.2) is 5.16 Å². The van der Waals surface area contributed by atoms with E-state index in [1.54, 1.807) is 6.07 Å². The van der Waals surface area contributed by atoms with Crippen LogP contribution in [-0.2, 0) is 0 Å². The SMILES string of the molecule is Nc1cc(F)cc(Sc2nccc(=O)[nH]2)c1. The molecular weight excluding hydrogens is 229 g/mol. The first kappa shape index (κ1) is 10.7. The van der Waals surface area contributed by atoms with E-state index in [0.29, 0.717) is 15.7 Å². The minimum atomic E-state index is -0.416. The number of aromatic amines is 1. The number of aromatic nitrogens is 2. The van der Waals surface area contributed by atoms with Crippen molar-refractivity contribution in [2.24, 2.45) is 0 Å². The average molecular weight is 237 g/mol. The van der Waals surface area contributed by atoms with Gasteiger partial charge in [0.2, 0.25) is 0 Å². The van der Waals surface area contributed by atoms with Gasteiger partial charge in [-0.1, -0.05) is 11.8 Å². The molecule has 0 fully saturated rings. The van der Waals surface area contributed by atoms with Crippen LogP contribution in [0.15, 0.2) is 45.3 Å². The largest absolute Gasteiger partial charge is 0.399 e. The highest BCUT2D eigenvalue weighted by molar-refractivity contribution is 7.99. The second-order valence-corrected chi connectivity index (χ2v) is 4.12. The highest BCUT2D eigenvalue weighted by Crippen LogP contribution is 2.26. The van der Waals surface area contributed by atoms with Gasteiger partial charge in [0.25, 0.3) is 5.56 Å². The van der Waals surface area contributed by atoms with Crippen LogP contribution < -0.4 is 11.3 Å². The van der Waals surface area contributed by atoms with E-state index in [1.165, 1.54) is 24.4 Å². The summed E-state index contributed by atoms with van der Waals surface area (Å²) in [5.41, 5.74) is 5.58.